The third kappa shape index (κ3) is 0.887. The van der Waals surface area contributed by atoms with E-state index in [2.05, 4.69) is 0 Å². The van der Waals surface area contributed by atoms with Crippen molar-refractivity contribution in [1.29, 1.82) is 0 Å². The largest absolute Gasteiger partial charge is 0.375 e. The van der Waals surface area contributed by atoms with E-state index in [4.69, 9.17) is 4.74 Å². The Morgan fingerprint density at radius 2 is 2.00 bits per heavy atom. The molecule has 2 rings (SSSR count). The predicted molar refractivity (Wildman–Crippen MR) is 41.1 cm³/mol. The van der Waals surface area contributed by atoms with Crippen molar-refractivity contribution in [2.45, 2.75) is 5.72 Å². The van der Waals surface area contributed by atoms with Crippen LogP contribution in [0.1, 0.15) is 5.56 Å². The second-order valence-corrected chi connectivity index (χ2v) is 2.70. The number of hydrogen-bond donors (Lipinski definition) is 0. The van der Waals surface area contributed by atoms with Gasteiger partial charge >= 0.3 is 5.72 Å². The normalized spacial score (nSPS) is 26.7. The molecule has 1 aliphatic heterocycles. The molecular formula is C8H7NO3. The minimum absolute atomic E-state index is 0.185. The summed E-state index contributed by atoms with van der Waals surface area (Å²) < 4.78 is 4.84. The summed E-state index contributed by atoms with van der Waals surface area (Å²) in [7, 11) is 0. The summed E-state index contributed by atoms with van der Waals surface area (Å²) in [6.45, 7) is 0.185. The van der Waals surface area contributed by atoms with Gasteiger partial charge in [0.15, 0.2) is 6.61 Å². The molecule has 1 unspecified atom stereocenters. The summed E-state index contributed by atoms with van der Waals surface area (Å²) >= 11 is 0. The maximum Gasteiger partial charge on any atom is 0.375 e. The van der Waals surface area contributed by atoms with E-state index >= 15 is 0 Å². The third-order valence-corrected chi connectivity index (χ3v) is 1.94. The van der Waals surface area contributed by atoms with E-state index in [1.807, 2.05) is 6.07 Å². The van der Waals surface area contributed by atoms with Crippen molar-refractivity contribution < 1.29 is 9.66 Å². The van der Waals surface area contributed by atoms with E-state index in [0.29, 0.717) is 5.56 Å². The first-order valence-corrected chi connectivity index (χ1v) is 3.60. The van der Waals surface area contributed by atoms with Gasteiger partial charge in [0, 0.05) is 0 Å². The second kappa shape index (κ2) is 2.28. The smallest absolute Gasteiger partial charge is 0.298 e. The molecule has 1 atom stereocenters. The van der Waals surface area contributed by atoms with Crippen molar-refractivity contribution in [3.8, 4) is 0 Å². The average Bonchev–Trinajstić information content (AvgIpc) is 2.86. The van der Waals surface area contributed by atoms with Crippen LogP contribution >= 0.6 is 0 Å². The van der Waals surface area contributed by atoms with Crippen LogP contribution in [-0.2, 0) is 10.5 Å². The Hall–Kier alpha value is -1.42. The Morgan fingerprint density at radius 1 is 1.42 bits per heavy atom. The zero-order valence-electron chi connectivity index (χ0n) is 6.27. The van der Waals surface area contributed by atoms with Gasteiger partial charge in [-0.15, -0.1) is 0 Å². The molecule has 1 fully saturated rings. The van der Waals surface area contributed by atoms with E-state index in [1.54, 1.807) is 24.3 Å². The molecule has 1 aromatic carbocycles. The zero-order valence-corrected chi connectivity index (χ0v) is 6.27. The van der Waals surface area contributed by atoms with Gasteiger partial charge in [0.25, 0.3) is 0 Å². The summed E-state index contributed by atoms with van der Waals surface area (Å²) in [6.07, 6.45) is 0. The first-order valence-electron chi connectivity index (χ1n) is 3.60. The molecule has 1 heterocycles. The van der Waals surface area contributed by atoms with E-state index in [9.17, 15) is 10.1 Å². The van der Waals surface area contributed by atoms with E-state index in [1.165, 1.54) is 0 Å². The lowest BCUT2D eigenvalue weighted by atomic mass is 10.1. The molecule has 1 aromatic rings. The molecule has 0 aliphatic carbocycles. The molecule has 0 saturated carbocycles. The maximum atomic E-state index is 10.6. The Labute approximate surface area is 68.9 Å². The van der Waals surface area contributed by atoms with Crippen LogP contribution in [0, 0.1) is 10.1 Å². The summed E-state index contributed by atoms with van der Waals surface area (Å²) in [5, 5.41) is 10.6. The number of nitrogens with zero attached hydrogens (tertiary/aromatic N) is 1. The molecular weight excluding hydrogens is 158 g/mol. The van der Waals surface area contributed by atoms with Crippen molar-refractivity contribution >= 4 is 0 Å². The number of ether oxygens (including phenoxy) is 1. The van der Waals surface area contributed by atoms with Crippen molar-refractivity contribution in [1.82, 2.24) is 0 Å². The monoisotopic (exact) mass is 165 g/mol. The highest BCUT2D eigenvalue weighted by Crippen LogP contribution is 2.38. The fourth-order valence-corrected chi connectivity index (χ4v) is 1.14. The van der Waals surface area contributed by atoms with Crippen LogP contribution in [0.4, 0.5) is 0 Å². The van der Waals surface area contributed by atoms with Gasteiger partial charge in [-0.3, -0.25) is 14.9 Å². The number of nitro groups is 1. The van der Waals surface area contributed by atoms with Crippen molar-refractivity contribution in [3.63, 3.8) is 0 Å². The first kappa shape index (κ1) is 7.24. The highest BCUT2D eigenvalue weighted by Gasteiger charge is 2.60. The van der Waals surface area contributed by atoms with Crippen LogP contribution in [0.25, 0.3) is 0 Å². The lowest BCUT2D eigenvalue weighted by Gasteiger charge is -2.01. The number of epoxide rings is 1. The number of rotatable bonds is 2. The minimum atomic E-state index is -1.23. The number of hydrogen-bond acceptors (Lipinski definition) is 3. The molecule has 1 aliphatic rings. The van der Waals surface area contributed by atoms with E-state index in [-0.39, 0.29) is 11.5 Å². The van der Waals surface area contributed by atoms with E-state index in [0.717, 1.165) is 0 Å². The molecule has 4 heteroatoms. The van der Waals surface area contributed by atoms with Crippen molar-refractivity contribution in [3.05, 3.63) is 46.0 Å². The first-order chi connectivity index (χ1) is 5.76. The van der Waals surface area contributed by atoms with Crippen molar-refractivity contribution in [2.75, 3.05) is 6.61 Å². The van der Waals surface area contributed by atoms with Gasteiger partial charge in [0.05, 0.1) is 10.5 Å². The molecule has 4 nitrogen and oxygen atoms in total. The highest BCUT2D eigenvalue weighted by molar-refractivity contribution is 5.23. The van der Waals surface area contributed by atoms with Crippen LogP contribution in [0.15, 0.2) is 30.3 Å². The molecule has 12 heavy (non-hydrogen) atoms. The number of benzene rings is 1. The molecule has 0 amide bonds. The second-order valence-electron chi connectivity index (χ2n) is 2.70. The van der Waals surface area contributed by atoms with Crippen molar-refractivity contribution in [2.24, 2.45) is 0 Å². The van der Waals surface area contributed by atoms with Gasteiger partial charge in [-0.25, -0.2) is 0 Å². The lowest BCUT2D eigenvalue weighted by Crippen LogP contribution is -2.20. The van der Waals surface area contributed by atoms with E-state index < -0.39 is 5.72 Å². The van der Waals surface area contributed by atoms with Crippen LogP contribution in [-0.4, -0.2) is 11.5 Å². The van der Waals surface area contributed by atoms with Crippen LogP contribution in [0.2, 0.25) is 0 Å². The molecule has 0 bridgehead atoms. The van der Waals surface area contributed by atoms with Gasteiger partial charge in [-0.1, -0.05) is 18.2 Å². The summed E-state index contributed by atoms with van der Waals surface area (Å²) in [4.78, 5) is 10.2. The summed E-state index contributed by atoms with van der Waals surface area (Å²) in [5.74, 6) is 0. The minimum Gasteiger partial charge on any atom is -0.298 e. The predicted octanol–water partition coefficient (Wildman–Crippen LogP) is 1.15. The Balaban J connectivity index is 2.37. The van der Waals surface area contributed by atoms with Crippen LogP contribution < -0.4 is 0 Å². The SMILES string of the molecule is O=[N+]([O-])C1(c2ccccc2)CO1. The topological polar surface area (TPSA) is 55.7 Å². The maximum absolute atomic E-state index is 10.6. The Morgan fingerprint density at radius 3 is 2.42 bits per heavy atom. The quantitative estimate of drug-likeness (QED) is 0.375. The fourth-order valence-electron chi connectivity index (χ4n) is 1.14. The van der Waals surface area contributed by atoms with Gasteiger partial charge in [0.2, 0.25) is 0 Å². The van der Waals surface area contributed by atoms with Crippen LogP contribution in [0.5, 0.6) is 0 Å². The highest BCUT2D eigenvalue weighted by atomic mass is 16.7. The summed E-state index contributed by atoms with van der Waals surface area (Å²) in [5.41, 5.74) is -0.614. The Kier molecular flexibility index (Phi) is 1.38. The third-order valence-electron chi connectivity index (χ3n) is 1.94. The van der Waals surface area contributed by atoms with Gasteiger partial charge in [-0.05, 0) is 12.1 Å². The zero-order chi connectivity index (χ0) is 8.60. The van der Waals surface area contributed by atoms with Gasteiger partial charge < -0.3 is 0 Å². The van der Waals surface area contributed by atoms with Crippen LogP contribution in [0.3, 0.4) is 0 Å². The van der Waals surface area contributed by atoms with Gasteiger partial charge in [-0.2, -0.15) is 0 Å². The van der Waals surface area contributed by atoms with Gasteiger partial charge in [0.1, 0.15) is 0 Å². The lowest BCUT2D eigenvalue weighted by molar-refractivity contribution is -0.571. The molecule has 0 radical (unpaired) electrons. The average molecular weight is 165 g/mol. The molecule has 1 saturated heterocycles. The summed E-state index contributed by atoms with van der Waals surface area (Å²) in [6, 6.07) is 8.76. The molecule has 0 N–H and O–H groups in total. The Bertz CT molecular complexity index is 305. The standard InChI is InChI=1S/C8H7NO3/c10-9(11)8(6-12-8)7-4-2-1-3-5-7/h1-5H,6H2. The molecule has 62 valence electrons. The molecule has 0 aromatic heterocycles. The molecule has 0 spiro atoms. The fraction of sp³-hybridized carbons (Fsp3) is 0.250.